The zero-order valence-electron chi connectivity index (χ0n) is 10.1. The summed E-state index contributed by atoms with van der Waals surface area (Å²) in [4.78, 5) is 12.2. The minimum atomic E-state index is -0.263. The highest BCUT2D eigenvalue weighted by Gasteiger charge is 2.32. The molecule has 2 heterocycles. The molecular formula is C13H10ClN3OS. The Morgan fingerprint density at radius 1 is 1.37 bits per heavy atom. The number of carbonyl (C=O) groups is 1. The molecule has 2 aromatic rings. The van der Waals surface area contributed by atoms with Gasteiger partial charge in [0.1, 0.15) is 11.1 Å². The number of thioether (sulfide) groups is 1. The Bertz CT molecular complexity index is 680. The fourth-order valence-electron chi connectivity index (χ4n) is 1.89. The summed E-state index contributed by atoms with van der Waals surface area (Å²) in [5.41, 5.74) is 0.900. The van der Waals surface area contributed by atoms with E-state index in [2.05, 4.69) is 10.2 Å². The van der Waals surface area contributed by atoms with Crippen LogP contribution in [-0.4, -0.2) is 25.9 Å². The summed E-state index contributed by atoms with van der Waals surface area (Å²) in [7, 11) is 0. The lowest BCUT2D eigenvalue weighted by Crippen LogP contribution is -2.16. The highest BCUT2D eigenvalue weighted by Crippen LogP contribution is 2.32. The molecule has 0 spiro atoms. The fourth-order valence-corrected chi connectivity index (χ4v) is 3.09. The zero-order chi connectivity index (χ0) is 13.4. The van der Waals surface area contributed by atoms with Crippen LogP contribution in [0.25, 0.3) is 6.08 Å². The van der Waals surface area contributed by atoms with Crippen LogP contribution in [0, 0.1) is 6.92 Å². The Morgan fingerprint density at radius 2 is 2.16 bits per heavy atom. The number of hydrogen-bond acceptors (Lipinski definition) is 4. The minimum absolute atomic E-state index is 0.00852. The molecule has 1 unspecified atom stereocenters. The Kier molecular flexibility index (Phi) is 3.16. The van der Waals surface area contributed by atoms with Gasteiger partial charge in [-0.3, -0.25) is 4.79 Å². The van der Waals surface area contributed by atoms with Crippen molar-refractivity contribution in [3.8, 4) is 0 Å². The maximum atomic E-state index is 12.2. The van der Waals surface area contributed by atoms with Crippen LogP contribution < -0.4 is 0 Å². The minimum Gasteiger partial charge on any atom is -0.272 e. The number of fused-ring (bicyclic) bond motifs is 1. The fraction of sp³-hybridized carbons (Fsp3) is 0.154. The molecule has 0 saturated heterocycles. The molecule has 1 atom stereocenters. The van der Waals surface area contributed by atoms with Gasteiger partial charge in [-0.05, 0) is 18.6 Å². The van der Waals surface area contributed by atoms with Crippen molar-refractivity contribution < 1.29 is 4.79 Å². The van der Waals surface area contributed by atoms with Gasteiger partial charge in [0.15, 0.2) is 5.16 Å². The van der Waals surface area contributed by atoms with E-state index < -0.39 is 0 Å². The summed E-state index contributed by atoms with van der Waals surface area (Å²) >= 11 is 7.47. The van der Waals surface area contributed by atoms with E-state index in [4.69, 9.17) is 11.6 Å². The molecule has 0 fully saturated rings. The lowest BCUT2D eigenvalue weighted by molar-refractivity contribution is 0.0919. The summed E-state index contributed by atoms with van der Waals surface area (Å²) in [6, 6.07) is 7.52. The number of carbonyl (C=O) groups excluding carboxylic acids is 1. The van der Waals surface area contributed by atoms with E-state index in [1.165, 1.54) is 11.8 Å². The quantitative estimate of drug-likeness (QED) is 0.853. The molecule has 0 saturated carbocycles. The van der Waals surface area contributed by atoms with Crippen molar-refractivity contribution in [2.24, 2.45) is 0 Å². The highest BCUT2D eigenvalue weighted by atomic mass is 35.5. The predicted molar refractivity (Wildman–Crippen MR) is 75.5 cm³/mol. The van der Waals surface area contributed by atoms with Gasteiger partial charge in [0, 0.05) is 5.02 Å². The smallest absolute Gasteiger partial charge is 0.251 e. The van der Waals surface area contributed by atoms with E-state index in [0.717, 1.165) is 5.56 Å². The van der Waals surface area contributed by atoms with Crippen molar-refractivity contribution in [2.45, 2.75) is 17.3 Å². The van der Waals surface area contributed by atoms with Gasteiger partial charge in [0.05, 0.1) is 0 Å². The average molecular weight is 292 g/mol. The van der Waals surface area contributed by atoms with Gasteiger partial charge in [0.25, 0.3) is 5.91 Å². The lowest BCUT2D eigenvalue weighted by Gasteiger charge is -2.01. The van der Waals surface area contributed by atoms with E-state index >= 15 is 0 Å². The summed E-state index contributed by atoms with van der Waals surface area (Å²) in [5, 5.41) is 8.90. The van der Waals surface area contributed by atoms with Crippen LogP contribution in [0.4, 0.5) is 0 Å². The molecule has 1 aliphatic rings. The number of hydrogen-bond donors (Lipinski definition) is 0. The van der Waals surface area contributed by atoms with Crippen molar-refractivity contribution >= 4 is 35.3 Å². The molecule has 4 nitrogen and oxygen atoms in total. The third-order valence-electron chi connectivity index (χ3n) is 2.85. The van der Waals surface area contributed by atoms with Crippen molar-refractivity contribution in [2.75, 3.05) is 0 Å². The standard InChI is InChI=1S/C13H10ClN3OS/c1-8-15-16-13-17(8)12(18)11(19-13)7-6-9-4-2-3-5-10(9)14/h2-7,11H,1H3/b7-6-. The summed E-state index contributed by atoms with van der Waals surface area (Å²) in [6.45, 7) is 1.77. The number of aryl methyl sites for hydroxylation is 1. The second-order valence-electron chi connectivity index (χ2n) is 4.12. The first-order valence-corrected chi connectivity index (χ1v) is 6.98. The zero-order valence-corrected chi connectivity index (χ0v) is 11.6. The van der Waals surface area contributed by atoms with Crippen LogP contribution in [0.5, 0.6) is 0 Å². The molecule has 0 radical (unpaired) electrons. The third-order valence-corrected chi connectivity index (χ3v) is 4.28. The monoisotopic (exact) mass is 291 g/mol. The normalized spacial score (nSPS) is 18.2. The number of aromatic nitrogens is 3. The molecule has 0 amide bonds. The van der Waals surface area contributed by atoms with Crippen LogP contribution in [-0.2, 0) is 0 Å². The van der Waals surface area contributed by atoms with Gasteiger partial charge in [0.2, 0.25) is 0 Å². The second kappa shape index (κ2) is 4.83. The maximum absolute atomic E-state index is 12.2. The topological polar surface area (TPSA) is 47.8 Å². The van der Waals surface area contributed by atoms with Crippen molar-refractivity contribution in [1.29, 1.82) is 0 Å². The Morgan fingerprint density at radius 3 is 2.89 bits per heavy atom. The van der Waals surface area contributed by atoms with Crippen LogP contribution in [0.2, 0.25) is 5.02 Å². The number of benzene rings is 1. The van der Waals surface area contributed by atoms with Crippen LogP contribution in [0.15, 0.2) is 35.5 Å². The van der Waals surface area contributed by atoms with Crippen LogP contribution >= 0.6 is 23.4 Å². The first-order chi connectivity index (χ1) is 9.16. The van der Waals surface area contributed by atoms with Gasteiger partial charge in [-0.2, -0.15) is 0 Å². The molecule has 6 heteroatoms. The summed E-state index contributed by atoms with van der Waals surface area (Å²) in [5.74, 6) is 0.618. The third kappa shape index (κ3) is 2.19. The molecule has 3 rings (SSSR count). The van der Waals surface area contributed by atoms with E-state index in [1.54, 1.807) is 11.5 Å². The second-order valence-corrected chi connectivity index (χ2v) is 5.64. The molecule has 1 aromatic heterocycles. The molecule has 1 aliphatic heterocycles. The molecule has 19 heavy (non-hydrogen) atoms. The van der Waals surface area contributed by atoms with E-state index in [1.807, 2.05) is 36.4 Å². The number of nitrogens with zero attached hydrogens (tertiary/aromatic N) is 3. The molecule has 0 aliphatic carbocycles. The predicted octanol–water partition coefficient (Wildman–Crippen LogP) is 3.07. The first-order valence-electron chi connectivity index (χ1n) is 5.72. The van der Waals surface area contributed by atoms with E-state index in [9.17, 15) is 4.79 Å². The highest BCUT2D eigenvalue weighted by molar-refractivity contribution is 8.01. The molecular weight excluding hydrogens is 282 g/mol. The van der Waals surface area contributed by atoms with Crippen molar-refractivity contribution in [3.05, 3.63) is 46.8 Å². The SMILES string of the molecule is Cc1nnc2n1C(=O)C(/C=C\c1ccccc1Cl)S2. The first kappa shape index (κ1) is 12.4. The average Bonchev–Trinajstić information content (AvgIpc) is 2.91. The van der Waals surface area contributed by atoms with Crippen molar-refractivity contribution in [1.82, 2.24) is 14.8 Å². The molecule has 96 valence electrons. The van der Waals surface area contributed by atoms with Gasteiger partial charge in [-0.1, -0.05) is 53.7 Å². The van der Waals surface area contributed by atoms with Crippen molar-refractivity contribution in [3.63, 3.8) is 0 Å². The van der Waals surface area contributed by atoms with E-state index in [0.29, 0.717) is 16.0 Å². The Hall–Kier alpha value is -1.59. The molecule has 1 aromatic carbocycles. The lowest BCUT2D eigenvalue weighted by atomic mass is 10.2. The number of halogens is 1. The van der Waals surface area contributed by atoms with Gasteiger partial charge in [-0.25, -0.2) is 4.57 Å². The van der Waals surface area contributed by atoms with Crippen LogP contribution in [0.3, 0.4) is 0 Å². The summed E-state index contributed by atoms with van der Waals surface area (Å²) < 4.78 is 1.55. The number of rotatable bonds is 2. The van der Waals surface area contributed by atoms with Crippen LogP contribution in [0.1, 0.15) is 16.2 Å². The summed E-state index contributed by atoms with van der Waals surface area (Å²) in [6.07, 6.45) is 3.72. The largest absolute Gasteiger partial charge is 0.272 e. The molecule has 0 bridgehead atoms. The van der Waals surface area contributed by atoms with Gasteiger partial charge >= 0.3 is 0 Å². The Balaban J connectivity index is 1.84. The molecule has 0 N–H and O–H groups in total. The van der Waals surface area contributed by atoms with E-state index in [-0.39, 0.29) is 11.2 Å². The Labute approximate surface area is 119 Å². The van der Waals surface area contributed by atoms with Gasteiger partial charge < -0.3 is 0 Å². The van der Waals surface area contributed by atoms with Gasteiger partial charge in [-0.15, -0.1) is 10.2 Å². The maximum Gasteiger partial charge on any atom is 0.251 e.